The molecule has 28 heavy (non-hydrogen) atoms. The summed E-state index contributed by atoms with van der Waals surface area (Å²) < 4.78 is 16.8. The Bertz CT molecular complexity index is 914. The fourth-order valence-corrected chi connectivity index (χ4v) is 3.09. The molecular weight excluding hydrogens is 374 g/mol. The van der Waals surface area contributed by atoms with Crippen LogP contribution in [0.15, 0.2) is 66.7 Å². The number of halogens is 1. The Morgan fingerprint density at radius 2 is 1.46 bits per heavy atom. The molecule has 0 saturated heterocycles. The molecule has 0 aromatic heterocycles. The molecule has 3 aromatic carbocycles. The van der Waals surface area contributed by atoms with Crippen molar-refractivity contribution in [1.82, 2.24) is 5.32 Å². The first-order chi connectivity index (χ1) is 13.7. The van der Waals surface area contributed by atoms with Gasteiger partial charge in [-0.1, -0.05) is 54.1 Å². The zero-order valence-electron chi connectivity index (χ0n) is 16.1. The summed E-state index contributed by atoms with van der Waals surface area (Å²) in [6.45, 7) is 1.82. The maximum Gasteiger partial charge on any atom is 0.161 e. The van der Waals surface area contributed by atoms with Gasteiger partial charge in [0.1, 0.15) is 12.4 Å². The molecular formula is C23H24ClNO3. The van der Waals surface area contributed by atoms with E-state index in [1.807, 2.05) is 60.7 Å². The van der Waals surface area contributed by atoms with E-state index in [4.69, 9.17) is 25.8 Å². The number of nitrogens with one attached hydrogen (secondary N) is 1. The van der Waals surface area contributed by atoms with Gasteiger partial charge in [0.25, 0.3) is 0 Å². The van der Waals surface area contributed by atoms with Gasteiger partial charge in [0.15, 0.2) is 11.5 Å². The minimum Gasteiger partial charge on any atom is -0.496 e. The summed E-state index contributed by atoms with van der Waals surface area (Å²) in [4.78, 5) is 0. The van der Waals surface area contributed by atoms with Crippen LogP contribution in [-0.4, -0.2) is 14.2 Å². The van der Waals surface area contributed by atoms with Gasteiger partial charge in [0, 0.05) is 29.2 Å². The fraction of sp³-hybridized carbons (Fsp3) is 0.217. The van der Waals surface area contributed by atoms with Crippen molar-refractivity contribution in [3.05, 3.63) is 88.4 Å². The second kappa shape index (κ2) is 10.0. The van der Waals surface area contributed by atoms with E-state index in [2.05, 4.69) is 11.4 Å². The number of ether oxygens (including phenoxy) is 3. The highest BCUT2D eigenvalue weighted by molar-refractivity contribution is 6.31. The Hall–Kier alpha value is -2.69. The van der Waals surface area contributed by atoms with Crippen LogP contribution in [0.1, 0.15) is 16.7 Å². The Morgan fingerprint density at radius 1 is 0.750 bits per heavy atom. The molecule has 3 aromatic rings. The molecule has 3 rings (SSSR count). The molecule has 1 N–H and O–H groups in total. The third-order valence-corrected chi connectivity index (χ3v) is 4.77. The summed E-state index contributed by atoms with van der Waals surface area (Å²) in [6.07, 6.45) is 0. The van der Waals surface area contributed by atoms with Crippen LogP contribution in [0.3, 0.4) is 0 Å². The largest absolute Gasteiger partial charge is 0.496 e. The van der Waals surface area contributed by atoms with E-state index in [0.29, 0.717) is 29.7 Å². The molecule has 0 aliphatic rings. The van der Waals surface area contributed by atoms with Crippen molar-refractivity contribution in [3.8, 4) is 17.2 Å². The lowest BCUT2D eigenvalue weighted by atomic mass is 10.1. The predicted octanol–water partition coefficient (Wildman–Crippen LogP) is 5.23. The van der Waals surface area contributed by atoms with E-state index in [9.17, 15) is 0 Å². The lowest BCUT2D eigenvalue weighted by Gasteiger charge is -2.14. The smallest absolute Gasteiger partial charge is 0.161 e. The van der Waals surface area contributed by atoms with Gasteiger partial charge in [-0.2, -0.15) is 0 Å². The van der Waals surface area contributed by atoms with E-state index >= 15 is 0 Å². The second-order valence-electron chi connectivity index (χ2n) is 6.28. The lowest BCUT2D eigenvalue weighted by Crippen LogP contribution is -2.13. The van der Waals surface area contributed by atoms with Crippen LogP contribution in [0.5, 0.6) is 17.2 Å². The van der Waals surface area contributed by atoms with Crippen molar-refractivity contribution in [1.29, 1.82) is 0 Å². The monoisotopic (exact) mass is 397 g/mol. The average Bonchev–Trinajstić information content (AvgIpc) is 2.74. The molecule has 0 bridgehead atoms. The Balaban J connectivity index is 1.60. The maximum atomic E-state index is 6.19. The molecule has 0 unspecified atom stereocenters. The quantitative estimate of drug-likeness (QED) is 0.537. The van der Waals surface area contributed by atoms with Crippen molar-refractivity contribution in [2.45, 2.75) is 19.7 Å². The Morgan fingerprint density at radius 3 is 2.21 bits per heavy atom. The van der Waals surface area contributed by atoms with E-state index in [0.717, 1.165) is 29.0 Å². The molecule has 0 fully saturated rings. The van der Waals surface area contributed by atoms with Crippen LogP contribution in [-0.2, 0) is 19.7 Å². The Kier molecular flexibility index (Phi) is 7.18. The van der Waals surface area contributed by atoms with Crippen molar-refractivity contribution >= 4 is 11.6 Å². The van der Waals surface area contributed by atoms with E-state index in [1.165, 1.54) is 0 Å². The third-order valence-electron chi connectivity index (χ3n) is 4.41. The number of hydrogen-bond acceptors (Lipinski definition) is 4. The van der Waals surface area contributed by atoms with Gasteiger partial charge in [-0.05, 0) is 29.8 Å². The van der Waals surface area contributed by atoms with Gasteiger partial charge in [0.2, 0.25) is 0 Å². The van der Waals surface area contributed by atoms with Gasteiger partial charge in [0.05, 0.1) is 14.2 Å². The topological polar surface area (TPSA) is 39.7 Å². The molecule has 5 heteroatoms. The van der Waals surface area contributed by atoms with Gasteiger partial charge in [-0.3, -0.25) is 0 Å². The summed E-state index contributed by atoms with van der Waals surface area (Å²) in [5.74, 6) is 2.27. The fourth-order valence-electron chi connectivity index (χ4n) is 2.90. The van der Waals surface area contributed by atoms with Crippen molar-refractivity contribution in [3.63, 3.8) is 0 Å². The highest BCUT2D eigenvalue weighted by Gasteiger charge is 2.08. The first kappa shape index (κ1) is 20.1. The zero-order valence-corrected chi connectivity index (χ0v) is 16.8. The summed E-state index contributed by atoms with van der Waals surface area (Å²) >= 11 is 6.19. The number of rotatable bonds is 9. The molecule has 0 aliphatic heterocycles. The van der Waals surface area contributed by atoms with Crippen molar-refractivity contribution in [2.75, 3.05) is 14.2 Å². The minimum atomic E-state index is 0.390. The van der Waals surface area contributed by atoms with Crippen molar-refractivity contribution < 1.29 is 14.2 Å². The zero-order chi connectivity index (χ0) is 19.8. The third kappa shape index (κ3) is 5.18. The van der Waals surface area contributed by atoms with Gasteiger partial charge < -0.3 is 19.5 Å². The maximum absolute atomic E-state index is 6.19. The molecule has 4 nitrogen and oxygen atoms in total. The molecule has 0 aliphatic carbocycles. The normalized spacial score (nSPS) is 10.5. The molecule has 0 atom stereocenters. The molecule has 0 amide bonds. The average molecular weight is 398 g/mol. The lowest BCUT2D eigenvalue weighted by molar-refractivity contribution is 0.284. The molecule has 0 heterocycles. The van der Waals surface area contributed by atoms with Crippen LogP contribution < -0.4 is 19.5 Å². The molecule has 0 radical (unpaired) electrons. The van der Waals surface area contributed by atoms with Crippen LogP contribution in [0, 0.1) is 0 Å². The van der Waals surface area contributed by atoms with E-state index < -0.39 is 0 Å². The van der Waals surface area contributed by atoms with Crippen LogP contribution in [0.2, 0.25) is 5.02 Å². The van der Waals surface area contributed by atoms with Crippen LogP contribution in [0.4, 0.5) is 0 Å². The number of benzene rings is 3. The summed E-state index contributed by atoms with van der Waals surface area (Å²) in [5.41, 5.74) is 3.17. The number of methoxy groups -OCH3 is 2. The van der Waals surface area contributed by atoms with Gasteiger partial charge in [-0.25, -0.2) is 0 Å². The van der Waals surface area contributed by atoms with Gasteiger partial charge >= 0.3 is 0 Å². The predicted molar refractivity (Wildman–Crippen MR) is 112 cm³/mol. The summed E-state index contributed by atoms with van der Waals surface area (Å²) in [5, 5.41) is 4.13. The molecule has 146 valence electrons. The van der Waals surface area contributed by atoms with Crippen molar-refractivity contribution in [2.24, 2.45) is 0 Å². The Labute approximate surface area is 171 Å². The standard InChI is InChI=1S/C23H24ClNO3/c1-26-21-10-6-4-7-18(21)15-25-14-17-11-12-22(23(13-17)27-2)28-16-19-8-3-5-9-20(19)24/h3-13,25H,14-16H2,1-2H3. The minimum absolute atomic E-state index is 0.390. The summed E-state index contributed by atoms with van der Waals surface area (Å²) in [6, 6.07) is 21.6. The van der Waals surface area contributed by atoms with Crippen LogP contribution >= 0.6 is 11.6 Å². The summed E-state index contributed by atoms with van der Waals surface area (Å²) in [7, 11) is 3.33. The molecule has 0 saturated carbocycles. The highest BCUT2D eigenvalue weighted by Crippen LogP contribution is 2.29. The van der Waals surface area contributed by atoms with E-state index in [1.54, 1.807) is 14.2 Å². The first-order valence-corrected chi connectivity index (χ1v) is 9.44. The number of hydrogen-bond donors (Lipinski definition) is 1. The first-order valence-electron chi connectivity index (χ1n) is 9.07. The van der Waals surface area contributed by atoms with Crippen LogP contribution in [0.25, 0.3) is 0 Å². The van der Waals surface area contributed by atoms with Gasteiger partial charge in [-0.15, -0.1) is 0 Å². The SMILES string of the molecule is COc1ccccc1CNCc1ccc(OCc2ccccc2Cl)c(OC)c1. The molecule has 0 spiro atoms. The second-order valence-corrected chi connectivity index (χ2v) is 6.69. The number of para-hydroxylation sites is 1. The van der Waals surface area contributed by atoms with E-state index in [-0.39, 0.29) is 0 Å². The highest BCUT2D eigenvalue weighted by atomic mass is 35.5.